The van der Waals surface area contributed by atoms with Crippen LogP contribution in [0.15, 0.2) is 0 Å². The van der Waals surface area contributed by atoms with E-state index in [0.717, 1.165) is 12.8 Å². The molecular formula is C10H17NO4. The Labute approximate surface area is 88.7 Å². The van der Waals surface area contributed by atoms with Gasteiger partial charge in [-0.15, -0.1) is 0 Å². The van der Waals surface area contributed by atoms with Gasteiger partial charge in [-0.25, -0.2) is 0 Å². The van der Waals surface area contributed by atoms with Crippen LogP contribution in [0.4, 0.5) is 0 Å². The number of carboxylic acids is 1. The maximum absolute atomic E-state index is 11.5. The van der Waals surface area contributed by atoms with E-state index in [1.165, 1.54) is 0 Å². The van der Waals surface area contributed by atoms with Crippen molar-refractivity contribution < 1.29 is 19.8 Å². The Morgan fingerprint density at radius 3 is 2.27 bits per heavy atom. The number of amides is 1. The van der Waals surface area contributed by atoms with Gasteiger partial charge in [-0.3, -0.25) is 9.59 Å². The molecule has 1 saturated heterocycles. The Kier molecular flexibility index (Phi) is 4.55. The SMILES string of the molecule is O=C(O)CCC(=O)N1CCC(CO)CC1. The number of likely N-dealkylation sites (tertiary alicyclic amines) is 1. The Morgan fingerprint density at radius 2 is 1.80 bits per heavy atom. The highest BCUT2D eigenvalue weighted by Gasteiger charge is 2.22. The predicted octanol–water partition coefficient (Wildman–Crippen LogP) is 0.0821. The Bertz CT molecular complexity index is 234. The van der Waals surface area contributed by atoms with Gasteiger partial charge in [-0.2, -0.15) is 0 Å². The highest BCUT2D eigenvalue weighted by molar-refractivity contribution is 5.80. The molecule has 1 heterocycles. The van der Waals surface area contributed by atoms with E-state index in [1.807, 2.05) is 0 Å². The van der Waals surface area contributed by atoms with E-state index < -0.39 is 5.97 Å². The molecule has 0 aromatic carbocycles. The van der Waals surface area contributed by atoms with Gasteiger partial charge in [-0.05, 0) is 18.8 Å². The molecule has 1 fully saturated rings. The molecule has 86 valence electrons. The quantitative estimate of drug-likeness (QED) is 0.696. The van der Waals surface area contributed by atoms with Gasteiger partial charge in [-0.1, -0.05) is 0 Å². The van der Waals surface area contributed by atoms with Crippen molar-refractivity contribution in [2.24, 2.45) is 5.92 Å². The molecular weight excluding hydrogens is 198 g/mol. The number of carbonyl (C=O) groups excluding carboxylic acids is 1. The fourth-order valence-corrected chi connectivity index (χ4v) is 1.74. The van der Waals surface area contributed by atoms with Gasteiger partial charge < -0.3 is 15.1 Å². The highest BCUT2D eigenvalue weighted by Crippen LogP contribution is 2.17. The topological polar surface area (TPSA) is 77.8 Å². The number of piperidine rings is 1. The predicted molar refractivity (Wildman–Crippen MR) is 53.3 cm³/mol. The van der Waals surface area contributed by atoms with E-state index in [2.05, 4.69) is 0 Å². The largest absolute Gasteiger partial charge is 0.481 e. The lowest BCUT2D eigenvalue weighted by atomic mass is 9.97. The summed E-state index contributed by atoms with van der Waals surface area (Å²) in [6.07, 6.45) is 1.61. The van der Waals surface area contributed by atoms with Crippen LogP contribution in [-0.2, 0) is 9.59 Å². The van der Waals surface area contributed by atoms with Crippen molar-refractivity contribution >= 4 is 11.9 Å². The first-order chi connectivity index (χ1) is 7.13. The number of aliphatic carboxylic acids is 1. The minimum absolute atomic E-state index is 0.0825. The van der Waals surface area contributed by atoms with E-state index in [-0.39, 0.29) is 25.4 Å². The number of carboxylic acid groups (broad SMARTS) is 1. The van der Waals surface area contributed by atoms with Crippen LogP contribution in [0.25, 0.3) is 0 Å². The molecule has 5 nitrogen and oxygen atoms in total. The van der Waals surface area contributed by atoms with Crippen LogP contribution in [0.5, 0.6) is 0 Å². The van der Waals surface area contributed by atoms with Gasteiger partial charge in [0.25, 0.3) is 0 Å². The van der Waals surface area contributed by atoms with E-state index >= 15 is 0 Å². The van der Waals surface area contributed by atoms with E-state index in [4.69, 9.17) is 10.2 Å². The lowest BCUT2D eigenvalue weighted by Crippen LogP contribution is -2.39. The number of aliphatic hydroxyl groups is 1. The molecule has 0 aromatic rings. The highest BCUT2D eigenvalue weighted by atomic mass is 16.4. The summed E-state index contributed by atoms with van der Waals surface area (Å²) in [4.78, 5) is 23.5. The molecule has 0 aliphatic carbocycles. The molecule has 0 radical (unpaired) electrons. The zero-order chi connectivity index (χ0) is 11.3. The van der Waals surface area contributed by atoms with Crippen LogP contribution >= 0.6 is 0 Å². The fourth-order valence-electron chi connectivity index (χ4n) is 1.74. The van der Waals surface area contributed by atoms with Gasteiger partial charge in [0.15, 0.2) is 0 Å². The summed E-state index contributed by atoms with van der Waals surface area (Å²) in [6.45, 7) is 1.46. The summed E-state index contributed by atoms with van der Waals surface area (Å²) in [7, 11) is 0. The second kappa shape index (κ2) is 5.70. The van der Waals surface area contributed by atoms with Crippen molar-refractivity contribution in [3.8, 4) is 0 Å². The summed E-state index contributed by atoms with van der Waals surface area (Å²) < 4.78 is 0. The smallest absolute Gasteiger partial charge is 0.303 e. The lowest BCUT2D eigenvalue weighted by molar-refractivity contribution is -0.141. The number of hydrogen-bond donors (Lipinski definition) is 2. The van der Waals surface area contributed by atoms with Crippen molar-refractivity contribution in [2.75, 3.05) is 19.7 Å². The monoisotopic (exact) mass is 215 g/mol. The number of carbonyl (C=O) groups is 2. The van der Waals surface area contributed by atoms with E-state index in [1.54, 1.807) is 4.90 Å². The van der Waals surface area contributed by atoms with Crippen LogP contribution < -0.4 is 0 Å². The van der Waals surface area contributed by atoms with Crippen LogP contribution in [0, 0.1) is 5.92 Å². The third-order valence-electron chi connectivity index (χ3n) is 2.78. The van der Waals surface area contributed by atoms with Crippen LogP contribution in [0.1, 0.15) is 25.7 Å². The van der Waals surface area contributed by atoms with Crippen molar-refractivity contribution in [3.63, 3.8) is 0 Å². The fraction of sp³-hybridized carbons (Fsp3) is 0.800. The summed E-state index contributed by atoms with van der Waals surface area (Å²) in [5, 5.41) is 17.3. The summed E-state index contributed by atoms with van der Waals surface area (Å²) >= 11 is 0. The van der Waals surface area contributed by atoms with E-state index in [9.17, 15) is 9.59 Å². The molecule has 5 heteroatoms. The summed E-state index contributed by atoms with van der Waals surface area (Å²) in [6, 6.07) is 0. The third kappa shape index (κ3) is 3.87. The average Bonchev–Trinajstić information content (AvgIpc) is 2.26. The minimum atomic E-state index is -0.936. The Balaban J connectivity index is 2.27. The molecule has 0 bridgehead atoms. The Morgan fingerprint density at radius 1 is 1.20 bits per heavy atom. The van der Waals surface area contributed by atoms with Crippen LogP contribution in [0.2, 0.25) is 0 Å². The van der Waals surface area contributed by atoms with Gasteiger partial charge >= 0.3 is 5.97 Å². The van der Waals surface area contributed by atoms with Crippen molar-refractivity contribution in [1.82, 2.24) is 4.90 Å². The van der Waals surface area contributed by atoms with Gasteiger partial charge in [0.05, 0.1) is 6.42 Å². The van der Waals surface area contributed by atoms with Crippen molar-refractivity contribution in [1.29, 1.82) is 0 Å². The first-order valence-corrected chi connectivity index (χ1v) is 5.24. The molecule has 0 spiro atoms. The van der Waals surface area contributed by atoms with Gasteiger partial charge in [0, 0.05) is 26.1 Å². The average molecular weight is 215 g/mol. The molecule has 2 N–H and O–H groups in total. The molecule has 1 amide bonds. The number of nitrogens with zero attached hydrogens (tertiary/aromatic N) is 1. The first-order valence-electron chi connectivity index (χ1n) is 5.24. The minimum Gasteiger partial charge on any atom is -0.481 e. The first kappa shape index (κ1) is 12.0. The van der Waals surface area contributed by atoms with E-state index in [0.29, 0.717) is 19.0 Å². The maximum atomic E-state index is 11.5. The van der Waals surface area contributed by atoms with Gasteiger partial charge in [0.1, 0.15) is 0 Å². The molecule has 0 saturated carbocycles. The standard InChI is InChI=1S/C10H17NO4/c12-7-8-3-5-11(6-4-8)9(13)1-2-10(14)15/h8,12H,1-7H2,(H,14,15). The second-order valence-electron chi connectivity index (χ2n) is 3.90. The molecule has 0 atom stereocenters. The third-order valence-corrected chi connectivity index (χ3v) is 2.78. The molecule has 15 heavy (non-hydrogen) atoms. The lowest BCUT2D eigenvalue weighted by Gasteiger charge is -2.31. The molecule has 1 aliphatic heterocycles. The van der Waals surface area contributed by atoms with Crippen molar-refractivity contribution in [2.45, 2.75) is 25.7 Å². The Hall–Kier alpha value is -1.10. The van der Waals surface area contributed by atoms with Crippen LogP contribution in [-0.4, -0.2) is 46.7 Å². The molecule has 0 unspecified atom stereocenters. The summed E-state index contributed by atoms with van der Waals surface area (Å²) in [5.74, 6) is -0.726. The molecule has 0 aromatic heterocycles. The maximum Gasteiger partial charge on any atom is 0.303 e. The normalized spacial score (nSPS) is 17.8. The number of aliphatic hydroxyl groups excluding tert-OH is 1. The number of rotatable bonds is 4. The summed E-state index contributed by atoms with van der Waals surface area (Å²) in [5.41, 5.74) is 0. The van der Waals surface area contributed by atoms with Crippen molar-refractivity contribution in [3.05, 3.63) is 0 Å². The zero-order valence-corrected chi connectivity index (χ0v) is 8.69. The van der Waals surface area contributed by atoms with Crippen LogP contribution in [0.3, 0.4) is 0 Å². The molecule has 1 aliphatic rings. The van der Waals surface area contributed by atoms with Gasteiger partial charge in [0.2, 0.25) is 5.91 Å². The second-order valence-corrected chi connectivity index (χ2v) is 3.90. The molecule has 1 rings (SSSR count). The zero-order valence-electron chi connectivity index (χ0n) is 8.69. The number of hydrogen-bond acceptors (Lipinski definition) is 3.